The molecule has 1 heterocycles. The number of nitrogens with zero attached hydrogens (tertiary/aromatic N) is 2. The van der Waals surface area contributed by atoms with Gasteiger partial charge in [0.25, 0.3) is 5.91 Å². The third-order valence-electron chi connectivity index (χ3n) is 5.47. The minimum atomic E-state index is -0.352. The van der Waals surface area contributed by atoms with Crippen molar-refractivity contribution in [2.24, 2.45) is 0 Å². The molecule has 1 saturated heterocycles. The van der Waals surface area contributed by atoms with Gasteiger partial charge in [-0.1, -0.05) is 36.4 Å². The fraction of sp³-hybridized carbons (Fsp3) is 0.231. The van der Waals surface area contributed by atoms with Crippen LogP contribution >= 0.6 is 0 Å². The Morgan fingerprint density at radius 3 is 2.42 bits per heavy atom. The van der Waals surface area contributed by atoms with Gasteiger partial charge in [-0.05, 0) is 48.4 Å². The summed E-state index contributed by atoms with van der Waals surface area (Å²) in [6.45, 7) is 2.40. The van der Waals surface area contributed by atoms with Crippen LogP contribution in [0, 0.1) is 5.82 Å². The molecule has 1 fully saturated rings. The van der Waals surface area contributed by atoms with Gasteiger partial charge in [0, 0.05) is 43.5 Å². The van der Waals surface area contributed by atoms with E-state index in [1.54, 1.807) is 21.9 Å². The molecule has 1 N–H and O–H groups in total. The third kappa shape index (κ3) is 6.10. The van der Waals surface area contributed by atoms with E-state index in [0.717, 1.165) is 5.56 Å². The first-order valence-corrected chi connectivity index (χ1v) is 11.0. The van der Waals surface area contributed by atoms with Crippen molar-refractivity contribution in [3.63, 3.8) is 0 Å². The number of hydrogen-bond acceptors (Lipinski definition) is 3. The number of benzene rings is 3. The van der Waals surface area contributed by atoms with Crippen molar-refractivity contribution in [1.82, 2.24) is 9.80 Å². The fourth-order valence-electron chi connectivity index (χ4n) is 3.75. The number of urea groups is 1. The van der Waals surface area contributed by atoms with E-state index in [1.165, 1.54) is 12.1 Å². The Morgan fingerprint density at radius 2 is 1.61 bits per heavy atom. The minimum absolute atomic E-state index is 0.0103. The predicted molar refractivity (Wildman–Crippen MR) is 125 cm³/mol. The molecule has 33 heavy (non-hydrogen) atoms. The lowest BCUT2D eigenvalue weighted by atomic mass is 10.2. The molecule has 4 rings (SSSR count). The number of rotatable bonds is 5. The topological polar surface area (TPSA) is 61.9 Å². The smallest absolute Gasteiger partial charge is 0.321 e. The van der Waals surface area contributed by atoms with E-state index >= 15 is 0 Å². The molecule has 7 heteroatoms. The second-order valence-electron chi connectivity index (χ2n) is 7.88. The number of nitrogens with one attached hydrogen (secondary N) is 1. The standard InChI is InChI=1S/C26H26FN3O3/c27-22-10-5-12-24(18-22)33-19-20-7-4-11-23(17-20)28-26(32)30-14-6-13-29(15-16-30)25(31)21-8-2-1-3-9-21/h1-5,7-12,17-18H,6,13-16,19H2,(H,28,32). The molecule has 0 saturated carbocycles. The van der Waals surface area contributed by atoms with E-state index in [2.05, 4.69) is 5.32 Å². The summed E-state index contributed by atoms with van der Waals surface area (Å²) in [4.78, 5) is 29.1. The number of halogens is 1. The zero-order chi connectivity index (χ0) is 23.0. The van der Waals surface area contributed by atoms with Crippen LogP contribution in [0.1, 0.15) is 22.3 Å². The van der Waals surface area contributed by atoms with E-state index in [4.69, 9.17) is 4.74 Å². The van der Waals surface area contributed by atoms with Crippen LogP contribution in [0.15, 0.2) is 78.9 Å². The number of hydrogen-bond donors (Lipinski definition) is 1. The van der Waals surface area contributed by atoms with Gasteiger partial charge < -0.3 is 19.9 Å². The molecule has 3 amide bonds. The Labute approximate surface area is 192 Å². The second kappa shape index (κ2) is 10.6. The Balaban J connectivity index is 1.31. The van der Waals surface area contributed by atoms with Crippen LogP contribution in [0.4, 0.5) is 14.9 Å². The molecular formula is C26H26FN3O3. The van der Waals surface area contributed by atoms with Crippen molar-refractivity contribution in [3.8, 4) is 5.75 Å². The van der Waals surface area contributed by atoms with Gasteiger partial charge in [0.15, 0.2) is 0 Å². The summed E-state index contributed by atoms with van der Waals surface area (Å²) >= 11 is 0. The van der Waals surface area contributed by atoms with Crippen molar-refractivity contribution in [2.75, 3.05) is 31.5 Å². The molecule has 1 aliphatic heterocycles. The molecule has 0 bridgehead atoms. The summed E-state index contributed by atoms with van der Waals surface area (Å²) < 4.78 is 18.9. The first-order chi connectivity index (χ1) is 16.1. The van der Waals surface area contributed by atoms with E-state index in [9.17, 15) is 14.0 Å². The van der Waals surface area contributed by atoms with Crippen LogP contribution in [-0.4, -0.2) is 47.9 Å². The van der Waals surface area contributed by atoms with Crippen LogP contribution in [0.2, 0.25) is 0 Å². The number of carbonyl (C=O) groups excluding carboxylic acids is 2. The minimum Gasteiger partial charge on any atom is -0.489 e. The van der Waals surface area contributed by atoms with Gasteiger partial charge in [0.1, 0.15) is 18.2 Å². The Hall–Kier alpha value is -3.87. The fourth-order valence-corrected chi connectivity index (χ4v) is 3.75. The molecule has 0 spiro atoms. The molecule has 3 aromatic carbocycles. The summed E-state index contributed by atoms with van der Waals surface area (Å²) in [5, 5.41) is 2.93. The first-order valence-electron chi connectivity index (χ1n) is 11.0. The summed E-state index contributed by atoms with van der Waals surface area (Å²) in [5.41, 5.74) is 2.17. The number of anilines is 1. The molecule has 0 unspecified atom stereocenters. The van der Waals surface area contributed by atoms with Crippen LogP contribution in [0.5, 0.6) is 5.75 Å². The van der Waals surface area contributed by atoms with Crippen LogP contribution < -0.4 is 10.1 Å². The molecule has 170 valence electrons. The normalized spacial score (nSPS) is 13.8. The van der Waals surface area contributed by atoms with Crippen molar-refractivity contribution >= 4 is 17.6 Å². The summed E-state index contributed by atoms with van der Waals surface area (Å²) in [5.74, 6) is 0.0856. The molecular weight excluding hydrogens is 421 g/mol. The number of carbonyl (C=O) groups is 2. The van der Waals surface area contributed by atoms with Gasteiger partial charge in [0.05, 0.1) is 0 Å². The van der Waals surface area contributed by atoms with Crippen molar-refractivity contribution in [3.05, 3.63) is 95.8 Å². The van der Waals surface area contributed by atoms with Gasteiger partial charge in [-0.25, -0.2) is 9.18 Å². The summed E-state index contributed by atoms with van der Waals surface area (Å²) in [7, 11) is 0. The van der Waals surface area contributed by atoms with Gasteiger partial charge in [-0.2, -0.15) is 0 Å². The monoisotopic (exact) mass is 447 g/mol. The molecule has 0 aromatic heterocycles. The van der Waals surface area contributed by atoms with Crippen molar-refractivity contribution in [1.29, 1.82) is 0 Å². The maximum absolute atomic E-state index is 13.3. The highest BCUT2D eigenvalue weighted by atomic mass is 19.1. The highest BCUT2D eigenvalue weighted by Gasteiger charge is 2.22. The second-order valence-corrected chi connectivity index (χ2v) is 7.88. The SMILES string of the molecule is O=C(Nc1cccc(COc2cccc(F)c2)c1)N1CCCN(C(=O)c2ccccc2)CC1. The quantitative estimate of drug-likeness (QED) is 0.612. The molecule has 3 aromatic rings. The largest absolute Gasteiger partial charge is 0.489 e. The van der Waals surface area contributed by atoms with Crippen molar-refractivity contribution in [2.45, 2.75) is 13.0 Å². The average Bonchev–Trinajstić information content (AvgIpc) is 3.10. The van der Waals surface area contributed by atoms with Crippen molar-refractivity contribution < 1.29 is 18.7 Å². The van der Waals surface area contributed by atoms with Gasteiger partial charge in [-0.3, -0.25) is 4.79 Å². The third-order valence-corrected chi connectivity index (χ3v) is 5.47. The highest BCUT2D eigenvalue weighted by molar-refractivity contribution is 5.94. The van der Waals surface area contributed by atoms with E-state index in [0.29, 0.717) is 49.6 Å². The molecule has 1 aliphatic rings. The number of amides is 3. The van der Waals surface area contributed by atoms with Gasteiger partial charge in [0.2, 0.25) is 0 Å². The van der Waals surface area contributed by atoms with Crippen LogP contribution in [0.3, 0.4) is 0 Å². The summed E-state index contributed by atoms with van der Waals surface area (Å²) in [6.07, 6.45) is 0.716. The highest BCUT2D eigenvalue weighted by Crippen LogP contribution is 2.17. The molecule has 0 aliphatic carbocycles. The maximum atomic E-state index is 13.3. The van der Waals surface area contributed by atoms with Gasteiger partial charge in [-0.15, -0.1) is 0 Å². The average molecular weight is 448 g/mol. The number of ether oxygens (including phenoxy) is 1. The Bertz CT molecular complexity index is 1110. The zero-order valence-corrected chi connectivity index (χ0v) is 18.2. The van der Waals surface area contributed by atoms with E-state index < -0.39 is 0 Å². The van der Waals surface area contributed by atoms with Gasteiger partial charge >= 0.3 is 6.03 Å². The van der Waals surface area contributed by atoms with Crippen LogP contribution in [-0.2, 0) is 6.61 Å². The first kappa shape index (κ1) is 22.3. The zero-order valence-electron chi connectivity index (χ0n) is 18.2. The summed E-state index contributed by atoms with van der Waals surface area (Å²) in [6, 6.07) is 22.3. The maximum Gasteiger partial charge on any atom is 0.321 e. The Morgan fingerprint density at radius 1 is 0.848 bits per heavy atom. The Kier molecular flexibility index (Phi) is 7.19. The lowest BCUT2D eigenvalue weighted by molar-refractivity contribution is 0.0762. The molecule has 0 radical (unpaired) electrons. The van der Waals surface area contributed by atoms with E-state index in [1.807, 2.05) is 54.6 Å². The van der Waals surface area contributed by atoms with Crippen LogP contribution in [0.25, 0.3) is 0 Å². The predicted octanol–water partition coefficient (Wildman–Crippen LogP) is 4.78. The molecule has 6 nitrogen and oxygen atoms in total. The molecule has 0 atom stereocenters. The lowest BCUT2D eigenvalue weighted by Gasteiger charge is -2.22. The van der Waals surface area contributed by atoms with E-state index in [-0.39, 0.29) is 24.4 Å². The lowest BCUT2D eigenvalue weighted by Crippen LogP contribution is -2.39.